The van der Waals surface area contributed by atoms with E-state index in [2.05, 4.69) is 4.98 Å². The Morgan fingerprint density at radius 2 is 2.00 bits per heavy atom. The smallest absolute Gasteiger partial charge is 0.418 e. The van der Waals surface area contributed by atoms with Gasteiger partial charge in [0.05, 0.1) is 16.2 Å². The third-order valence-corrected chi connectivity index (χ3v) is 3.06. The maximum atomic E-state index is 12.9. The number of carboxylic acid groups (broad SMARTS) is 1. The third kappa shape index (κ3) is 3.62. The Kier molecular flexibility index (Phi) is 4.30. The van der Waals surface area contributed by atoms with E-state index in [1.54, 1.807) is 0 Å². The van der Waals surface area contributed by atoms with Gasteiger partial charge in [0.25, 0.3) is 5.69 Å². The Bertz CT molecular complexity index is 775. The van der Waals surface area contributed by atoms with Crippen molar-refractivity contribution in [1.29, 1.82) is 0 Å². The summed E-state index contributed by atoms with van der Waals surface area (Å²) in [6, 6.07) is 5.17. The molecule has 0 saturated heterocycles. The summed E-state index contributed by atoms with van der Waals surface area (Å²) in [5, 5.41) is 19.8. The van der Waals surface area contributed by atoms with Crippen molar-refractivity contribution in [1.82, 2.24) is 4.98 Å². The molecule has 1 heterocycles. The first-order valence-corrected chi connectivity index (χ1v) is 6.22. The van der Waals surface area contributed by atoms with E-state index < -0.39 is 33.9 Å². The van der Waals surface area contributed by atoms with Crippen LogP contribution in [0.5, 0.6) is 0 Å². The molecule has 2 aromatic rings. The fraction of sp³-hybridized carbons (Fsp3) is 0.143. The highest BCUT2D eigenvalue weighted by molar-refractivity contribution is 5.92. The standard InChI is InChI=1S/C14H9F3N2O4/c15-14(16,17)10-2-1-5-18-11(10)6-8-3-4-9(13(20)21)12(7-8)19(22)23/h1-5,7H,6H2,(H,20,21). The van der Waals surface area contributed by atoms with Gasteiger partial charge in [-0.25, -0.2) is 4.79 Å². The van der Waals surface area contributed by atoms with Gasteiger partial charge < -0.3 is 5.11 Å². The summed E-state index contributed by atoms with van der Waals surface area (Å²) in [6.07, 6.45) is -3.72. The van der Waals surface area contributed by atoms with Crippen LogP contribution in [0, 0.1) is 10.1 Å². The molecule has 2 rings (SSSR count). The van der Waals surface area contributed by atoms with Gasteiger partial charge in [-0.15, -0.1) is 0 Å². The second-order valence-corrected chi connectivity index (χ2v) is 4.59. The molecule has 0 fully saturated rings. The lowest BCUT2D eigenvalue weighted by Gasteiger charge is -2.11. The van der Waals surface area contributed by atoms with Crippen LogP contribution in [0.15, 0.2) is 36.5 Å². The zero-order valence-corrected chi connectivity index (χ0v) is 11.4. The van der Waals surface area contributed by atoms with E-state index in [1.807, 2.05) is 0 Å². The van der Waals surface area contributed by atoms with E-state index in [0.717, 1.165) is 24.3 Å². The summed E-state index contributed by atoms with van der Waals surface area (Å²) in [5.41, 5.74) is -2.29. The topological polar surface area (TPSA) is 93.3 Å². The second kappa shape index (κ2) is 6.03. The molecule has 1 aromatic heterocycles. The second-order valence-electron chi connectivity index (χ2n) is 4.59. The number of nitro benzene ring substituents is 1. The number of benzene rings is 1. The Balaban J connectivity index is 2.45. The number of aromatic nitrogens is 1. The molecule has 0 atom stereocenters. The van der Waals surface area contributed by atoms with Crippen LogP contribution >= 0.6 is 0 Å². The summed E-state index contributed by atoms with van der Waals surface area (Å²) >= 11 is 0. The van der Waals surface area contributed by atoms with E-state index in [-0.39, 0.29) is 17.7 Å². The molecule has 1 aromatic carbocycles. The fourth-order valence-electron chi connectivity index (χ4n) is 2.05. The molecule has 0 aliphatic heterocycles. The Morgan fingerprint density at radius 3 is 2.57 bits per heavy atom. The molecular formula is C14H9F3N2O4. The molecule has 9 heteroatoms. The zero-order chi connectivity index (χ0) is 17.2. The molecule has 0 unspecified atom stereocenters. The number of halogens is 3. The van der Waals surface area contributed by atoms with Crippen LogP contribution in [-0.2, 0) is 12.6 Å². The van der Waals surface area contributed by atoms with Crippen LogP contribution in [0.2, 0.25) is 0 Å². The molecule has 0 radical (unpaired) electrons. The minimum Gasteiger partial charge on any atom is -0.477 e. The highest BCUT2D eigenvalue weighted by atomic mass is 19.4. The van der Waals surface area contributed by atoms with Crippen molar-refractivity contribution in [3.63, 3.8) is 0 Å². The van der Waals surface area contributed by atoms with Gasteiger partial charge in [0.1, 0.15) is 5.56 Å². The summed E-state index contributed by atoms with van der Waals surface area (Å²) in [6.45, 7) is 0. The Morgan fingerprint density at radius 1 is 1.30 bits per heavy atom. The normalized spacial score (nSPS) is 11.3. The van der Waals surface area contributed by atoms with Gasteiger partial charge in [-0.1, -0.05) is 6.07 Å². The van der Waals surface area contributed by atoms with Gasteiger partial charge in [0.2, 0.25) is 0 Å². The van der Waals surface area contributed by atoms with E-state index >= 15 is 0 Å². The number of rotatable bonds is 4. The molecule has 0 amide bonds. The van der Waals surface area contributed by atoms with Crippen molar-refractivity contribution < 1.29 is 28.0 Å². The largest absolute Gasteiger partial charge is 0.477 e. The van der Waals surface area contributed by atoms with Crippen molar-refractivity contribution in [2.24, 2.45) is 0 Å². The molecule has 6 nitrogen and oxygen atoms in total. The number of nitrogens with zero attached hydrogens (tertiary/aromatic N) is 2. The summed E-state index contributed by atoms with van der Waals surface area (Å²) in [4.78, 5) is 24.6. The van der Waals surface area contributed by atoms with Gasteiger partial charge in [-0.3, -0.25) is 15.1 Å². The number of nitro groups is 1. The molecule has 1 N–H and O–H groups in total. The highest BCUT2D eigenvalue weighted by Crippen LogP contribution is 2.32. The van der Waals surface area contributed by atoms with E-state index in [0.29, 0.717) is 0 Å². The lowest BCUT2D eigenvalue weighted by Crippen LogP contribution is -2.11. The Labute approximate surface area is 127 Å². The number of hydrogen-bond acceptors (Lipinski definition) is 4. The molecule has 0 saturated carbocycles. The van der Waals surface area contributed by atoms with E-state index in [9.17, 15) is 28.1 Å². The predicted molar refractivity (Wildman–Crippen MR) is 72.1 cm³/mol. The third-order valence-electron chi connectivity index (χ3n) is 3.06. The molecule has 0 bridgehead atoms. The van der Waals surface area contributed by atoms with Crippen LogP contribution < -0.4 is 0 Å². The van der Waals surface area contributed by atoms with Gasteiger partial charge in [0, 0.05) is 18.7 Å². The first-order chi connectivity index (χ1) is 10.7. The van der Waals surface area contributed by atoms with Gasteiger partial charge >= 0.3 is 12.1 Å². The van der Waals surface area contributed by atoms with Gasteiger partial charge in [-0.2, -0.15) is 13.2 Å². The molecule has 0 spiro atoms. The summed E-state index contributed by atoms with van der Waals surface area (Å²) in [7, 11) is 0. The molecule has 0 aliphatic carbocycles. The zero-order valence-electron chi connectivity index (χ0n) is 11.4. The van der Waals surface area contributed by atoms with Crippen molar-refractivity contribution in [3.05, 3.63) is 69.0 Å². The van der Waals surface area contributed by atoms with Crippen LogP contribution in [0.3, 0.4) is 0 Å². The van der Waals surface area contributed by atoms with Gasteiger partial charge in [-0.05, 0) is 23.8 Å². The van der Waals surface area contributed by atoms with Crippen molar-refractivity contribution in [2.45, 2.75) is 12.6 Å². The molecule has 0 aliphatic rings. The van der Waals surface area contributed by atoms with Crippen molar-refractivity contribution >= 4 is 11.7 Å². The lowest BCUT2D eigenvalue weighted by atomic mass is 10.0. The van der Waals surface area contributed by atoms with Crippen molar-refractivity contribution in [3.8, 4) is 0 Å². The maximum absolute atomic E-state index is 12.9. The SMILES string of the molecule is O=C(O)c1ccc(Cc2ncccc2C(F)(F)F)cc1[N+](=O)[O-]. The first kappa shape index (κ1) is 16.4. The van der Waals surface area contributed by atoms with Gasteiger partial charge in [0.15, 0.2) is 0 Å². The lowest BCUT2D eigenvalue weighted by molar-refractivity contribution is -0.385. The van der Waals surface area contributed by atoms with Crippen LogP contribution in [0.4, 0.5) is 18.9 Å². The number of pyridine rings is 1. The predicted octanol–water partition coefficient (Wildman–Crippen LogP) is 3.30. The average Bonchev–Trinajstić information content (AvgIpc) is 2.46. The highest BCUT2D eigenvalue weighted by Gasteiger charge is 2.33. The first-order valence-electron chi connectivity index (χ1n) is 6.22. The van der Waals surface area contributed by atoms with E-state index in [4.69, 9.17) is 5.11 Å². The quantitative estimate of drug-likeness (QED) is 0.687. The molecular weight excluding hydrogens is 317 g/mol. The number of alkyl halides is 3. The average molecular weight is 326 g/mol. The van der Waals surface area contributed by atoms with Crippen molar-refractivity contribution in [2.75, 3.05) is 0 Å². The minimum absolute atomic E-state index is 0.158. The van der Waals surface area contributed by atoms with E-state index in [1.165, 1.54) is 12.3 Å². The fourth-order valence-corrected chi connectivity index (χ4v) is 2.05. The number of hydrogen-bond donors (Lipinski definition) is 1. The number of aromatic carboxylic acids is 1. The molecule has 23 heavy (non-hydrogen) atoms. The minimum atomic E-state index is -4.60. The number of carbonyl (C=O) groups is 1. The summed E-state index contributed by atoms with van der Waals surface area (Å²) in [5.74, 6) is -1.49. The maximum Gasteiger partial charge on any atom is 0.418 e. The van der Waals surface area contributed by atoms with Crippen LogP contribution in [0.1, 0.15) is 27.2 Å². The summed E-state index contributed by atoms with van der Waals surface area (Å²) < 4.78 is 38.7. The van der Waals surface area contributed by atoms with Crippen LogP contribution in [0.25, 0.3) is 0 Å². The molecule has 120 valence electrons. The van der Waals surface area contributed by atoms with Crippen LogP contribution in [-0.4, -0.2) is 21.0 Å². The number of carboxylic acids is 1. The Hall–Kier alpha value is -2.97. The monoisotopic (exact) mass is 326 g/mol.